The van der Waals surface area contributed by atoms with E-state index in [0.29, 0.717) is 17.4 Å². The molecule has 0 radical (unpaired) electrons. The van der Waals surface area contributed by atoms with Gasteiger partial charge in [-0.05, 0) is 19.0 Å². The summed E-state index contributed by atoms with van der Waals surface area (Å²) in [7, 11) is 2.96. The summed E-state index contributed by atoms with van der Waals surface area (Å²) in [5.74, 6) is 1.48. The number of methoxy groups -OCH3 is 2. The number of carbonyl (C=O) groups is 1. The fraction of sp³-hybridized carbons (Fsp3) is 0.429. The summed E-state index contributed by atoms with van der Waals surface area (Å²) in [6.07, 6.45) is 2.91. The second kappa shape index (κ2) is 5.13. The Balaban J connectivity index is 2.18. The molecule has 1 aliphatic rings. The van der Waals surface area contributed by atoms with Crippen molar-refractivity contribution in [3.63, 3.8) is 0 Å². The summed E-state index contributed by atoms with van der Waals surface area (Å²) in [5, 5.41) is 3.32. The molecule has 1 unspecified atom stereocenters. The van der Waals surface area contributed by atoms with E-state index in [1.165, 1.54) is 7.11 Å². The maximum absolute atomic E-state index is 11.9. The van der Waals surface area contributed by atoms with Crippen LogP contribution < -0.4 is 10.1 Å². The van der Waals surface area contributed by atoms with Crippen molar-refractivity contribution in [1.29, 1.82) is 0 Å². The Bertz CT molecular complexity index is 644. The lowest BCUT2D eigenvalue weighted by molar-refractivity contribution is 0.0596. The average molecular weight is 275 g/mol. The lowest BCUT2D eigenvalue weighted by Crippen LogP contribution is -2.10. The highest BCUT2D eigenvalue weighted by Crippen LogP contribution is 2.27. The van der Waals surface area contributed by atoms with Crippen LogP contribution in [-0.4, -0.2) is 42.7 Å². The first-order chi connectivity index (χ1) is 9.74. The molecule has 1 aliphatic heterocycles. The molecule has 1 fully saturated rings. The highest BCUT2D eigenvalue weighted by atomic mass is 16.5. The molecule has 0 saturated carbocycles. The molecule has 6 nitrogen and oxygen atoms in total. The maximum Gasteiger partial charge on any atom is 0.358 e. The van der Waals surface area contributed by atoms with Crippen molar-refractivity contribution in [2.75, 3.05) is 27.3 Å². The van der Waals surface area contributed by atoms with Gasteiger partial charge in [0, 0.05) is 24.7 Å². The van der Waals surface area contributed by atoms with E-state index in [0.717, 1.165) is 30.9 Å². The van der Waals surface area contributed by atoms with Gasteiger partial charge < -0.3 is 19.2 Å². The first-order valence-electron chi connectivity index (χ1n) is 6.59. The fourth-order valence-electron chi connectivity index (χ4n) is 2.63. The Morgan fingerprint density at radius 3 is 3.00 bits per heavy atom. The predicted molar refractivity (Wildman–Crippen MR) is 73.3 cm³/mol. The summed E-state index contributed by atoms with van der Waals surface area (Å²) in [6.45, 7) is 1.86. The SMILES string of the molecule is COC(=O)c1nc(C2CCNC2)n2ccc(OC)cc12. The zero-order chi connectivity index (χ0) is 14.1. The van der Waals surface area contributed by atoms with Crippen LogP contribution in [0.5, 0.6) is 5.75 Å². The summed E-state index contributed by atoms with van der Waals surface area (Å²) in [6, 6.07) is 3.67. The highest BCUT2D eigenvalue weighted by Gasteiger charge is 2.25. The number of nitrogens with one attached hydrogen (secondary N) is 1. The molecule has 2 aromatic heterocycles. The number of aromatic nitrogens is 2. The van der Waals surface area contributed by atoms with E-state index in [9.17, 15) is 4.79 Å². The van der Waals surface area contributed by atoms with Gasteiger partial charge >= 0.3 is 5.97 Å². The average Bonchev–Trinajstić information content (AvgIpc) is 3.12. The molecule has 1 N–H and O–H groups in total. The van der Waals surface area contributed by atoms with Crippen LogP contribution in [-0.2, 0) is 4.74 Å². The van der Waals surface area contributed by atoms with Crippen LogP contribution >= 0.6 is 0 Å². The van der Waals surface area contributed by atoms with Gasteiger partial charge in [-0.15, -0.1) is 0 Å². The van der Waals surface area contributed by atoms with Gasteiger partial charge in [-0.25, -0.2) is 9.78 Å². The molecule has 0 spiro atoms. The first-order valence-corrected chi connectivity index (χ1v) is 6.59. The number of pyridine rings is 1. The Labute approximate surface area is 116 Å². The number of hydrogen-bond donors (Lipinski definition) is 1. The molecule has 106 valence electrons. The van der Waals surface area contributed by atoms with E-state index in [-0.39, 0.29) is 0 Å². The summed E-state index contributed by atoms with van der Waals surface area (Å²) < 4.78 is 12.0. The summed E-state index contributed by atoms with van der Waals surface area (Å²) >= 11 is 0. The van der Waals surface area contributed by atoms with Crippen LogP contribution in [0.4, 0.5) is 0 Å². The second-order valence-electron chi connectivity index (χ2n) is 4.82. The van der Waals surface area contributed by atoms with E-state index in [4.69, 9.17) is 9.47 Å². The monoisotopic (exact) mass is 275 g/mol. The molecule has 20 heavy (non-hydrogen) atoms. The van der Waals surface area contributed by atoms with Crippen LogP contribution in [0.3, 0.4) is 0 Å². The molecule has 1 atom stereocenters. The Morgan fingerprint density at radius 2 is 2.35 bits per heavy atom. The molecular weight excluding hydrogens is 258 g/mol. The van der Waals surface area contributed by atoms with E-state index >= 15 is 0 Å². The van der Waals surface area contributed by atoms with E-state index < -0.39 is 5.97 Å². The number of carbonyl (C=O) groups excluding carboxylic acids is 1. The number of nitrogens with zero attached hydrogens (tertiary/aromatic N) is 2. The topological polar surface area (TPSA) is 64.9 Å². The van der Waals surface area contributed by atoms with E-state index in [2.05, 4.69) is 10.3 Å². The van der Waals surface area contributed by atoms with Crippen molar-refractivity contribution in [2.45, 2.75) is 12.3 Å². The minimum Gasteiger partial charge on any atom is -0.497 e. The van der Waals surface area contributed by atoms with Crippen LogP contribution in [0.2, 0.25) is 0 Å². The van der Waals surface area contributed by atoms with Crippen LogP contribution in [0.25, 0.3) is 5.52 Å². The zero-order valence-corrected chi connectivity index (χ0v) is 11.5. The molecule has 6 heteroatoms. The Hall–Kier alpha value is -2.08. The molecule has 0 bridgehead atoms. The lowest BCUT2D eigenvalue weighted by atomic mass is 10.1. The second-order valence-corrected chi connectivity index (χ2v) is 4.82. The normalized spacial score (nSPS) is 18.4. The van der Waals surface area contributed by atoms with Gasteiger partial charge in [0.1, 0.15) is 11.6 Å². The fourth-order valence-corrected chi connectivity index (χ4v) is 2.63. The zero-order valence-electron chi connectivity index (χ0n) is 11.5. The van der Waals surface area contributed by atoms with Gasteiger partial charge in [-0.2, -0.15) is 0 Å². The number of esters is 1. The van der Waals surface area contributed by atoms with Crippen molar-refractivity contribution < 1.29 is 14.3 Å². The van der Waals surface area contributed by atoms with Gasteiger partial charge in [0.25, 0.3) is 0 Å². The third-order valence-electron chi connectivity index (χ3n) is 3.68. The van der Waals surface area contributed by atoms with Gasteiger partial charge in [-0.1, -0.05) is 0 Å². The quantitative estimate of drug-likeness (QED) is 0.853. The minimum absolute atomic E-state index is 0.314. The van der Waals surface area contributed by atoms with Crippen molar-refractivity contribution in [3.8, 4) is 5.75 Å². The molecule has 3 heterocycles. The third kappa shape index (κ3) is 2.02. The van der Waals surface area contributed by atoms with E-state index in [1.54, 1.807) is 7.11 Å². The van der Waals surface area contributed by atoms with E-state index in [1.807, 2.05) is 22.7 Å². The number of fused-ring (bicyclic) bond motifs is 1. The van der Waals surface area contributed by atoms with Gasteiger partial charge in [-0.3, -0.25) is 0 Å². The predicted octanol–water partition coefficient (Wildman–Crippen LogP) is 1.21. The van der Waals surface area contributed by atoms with Crippen molar-refractivity contribution in [3.05, 3.63) is 29.8 Å². The Morgan fingerprint density at radius 1 is 1.50 bits per heavy atom. The smallest absolute Gasteiger partial charge is 0.358 e. The Kier molecular flexibility index (Phi) is 3.31. The van der Waals surface area contributed by atoms with Crippen LogP contribution in [0, 0.1) is 0 Å². The van der Waals surface area contributed by atoms with Crippen molar-refractivity contribution in [2.24, 2.45) is 0 Å². The number of imidazole rings is 1. The number of ether oxygens (including phenoxy) is 2. The van der Waals surface area contributed by atoms with Crippen LogP contribution in [0.15, 0.2) is 18.3 Å². The molecule has 2 aromatic rings. The molecule has 0 aromatic carbocycles. The number of rotatable bonds is 3. The molecular formula is C14H17N3O3. The summed E-state index contributed by atoms with van der Waals surface area (Å²) in [5.41, 5.74) is 1.06. The van der Waals surface area contributed by atoms with Crippen molar-refractivity contribution in [1.82, 2.24) is 14.7 Å². The first kappa shape index (κ1) is 12.9. The summed E-state index contributed by atoms with van der Waals surface area (Å²) in [4.78, 5) is 16.4. The molecule has 3 rings (SSSR count). The third-order valence-corrected chi connectivity index (χ3v) is 3.68. The lowest BCUT2D eigenvalue weighted by Gasteiger charge is -2.07. The number of hydrogen-bond acceptors (Lipinski definition) is 5. The van der Waals surface area contributed by atoms with Crippen molar-refractivity contribution >= 4 is 11.5 Å². The van der Waals surface area contributed by atoms with Gasteiger partial charge in [0.2, 0.25) is 0 Å². The highest BCUT2D eigenvalue weighted by molar-refractivity contribution is 5.95. The van der Waals surface area contributed by atoms with Gasteiger partial charge in [0.05, 0.1) is 19.7 Å². The van der Waals surface area contributed by atoms with Gasteiger partial charge in [0.15, 0.2) is 5.69 Å². The minimum atomic E-state index is -0.423. The molecule has 0 aliphatic carbocycles. The van der Waals surface area contributed by atoms with Crippen LogP contribution in [0.1, 0.15) is 28.7 Å². The largest absolute Gasteiger partial charge is 0.497 e. The molecule has 1 saturated heterocycles. The standard InChI is InChI=1S/C14H17N3O3/c1-19-10-4-6-17-11(7-10)12(14(18)20-2)16-13(17)9-3-5-15-8-9/h4,6-7,9,15H,3,5,8H2,1-2H3. The molecule has 0 amide bonds. The maximum atomic E-state index is 11.9.